The Morgan fingerprint density at radius 2 is 1.89 bits per heavy atom. The van der Waals surface area contributed by atoms with Crippen LogP contribution in [0.15, 0.2) is 41.4 Å². The number of anilines is 1. The third-order valence-corrected chi connectivity index (χ3v) is 7.95. The topological polar surface area (TPSA) is 49.7 Å². The molecule has 0 aliphatic carbocycles. The molecule has 1 fully saturated rings. The number of fused-ring (bicyclic) bond motifs is 1. The maximum absolute atomic E-state index is 14.5. The van der Waals surface area contributed by atoms with Gasteiger partial charge in [0, 0.05) is 11.8 Å². The highest BCUT2D eigenvalue weighted by atomic mass is 32.2. The molecule has 2 atom stereocenters. The van der Waals surface area contributed by atoms with Crippen molar-refractivity contribution in [2.24, 2.45) is 4.99 Å². The standard InChI is InChI=1S/C20H20F2N2O2S2/c1-12-3-4-14(7-13(12)2)9-27-20-23-17-10-28(25,26)11-19(17)24(20)18-6-5-15(21)8-16(18)22/h3-8,17,19H,9-11H2,1-2H3/t17-,19-/m1/s1. The zero-order valence-corrected chi connectivity index (χ0v) is 17.2. The Hall–Kier alpha value is -1.93. The molecule has 8 heteroatoms. The summed E-state index contributed by atoms with van der Waals surface area (Å²) in [4.78, 5) is 6.22. The molecule has 0 unspecified atom stereocenters. The number of aliphatic imine (C=N–C) groups is 1. The number of sulfone groups is 1. The van der Waals surface area contributed by atoms with Gasteiger partial charge in [-0.1, -0.05) is 30.0 Å². The van der Waals surface area contributed by atoms with E-state index in [0.29, 0.717) is 10.9 Å². The van der Waals surface area contributed by atoms with E-state index in [4.69, 9.17) is 0 Å². The summed E-state index contributed by atoms with van der Waals surface area (Å²) in [6.45, 7) is 4.10. The van der Waals surface area contributed by atoms with E-state index in [0.717, 1.165) is 11.6 Å². The van der Waals surface area contributed by atoms with Crippen LogP contribution in [0.25, 0.3) is 0 Å². The largest absolute Gasteiger partial charge is 0.312 e. The number of halogens is 2. The first kappa shape index (κ1) is 19.4. The minimum atomic E-state index is -3.22. The first-order valence-corrected chi connectivity index (χ1v) is 11.8. The Bertz CT molecular complexity index is 1070. The second-order valence-corrected chi connectivity index (χ2v) is 10.4. The van der Waals surface area contributed by atoms with Crippen molar-refractivity contribution in [3.8, 4) is 0 Å². The molecule has 0 aromatic heterocycles. The van der Waals surface area contributed by atoms with Gasteiger partial charge >= 0.3 is 0 Å². The average molecular weight is 423 g/mol. The summed E-state index contributed by atoms with van der Waals surface area (Å²) in [6.07, 6.45) is 0. The van der Waals surface area contributed by atoms with Crippen molar-refractivity contribution < 1.29 is 17.2 Å². The third kappa shape index (κ3) is 3.67. The molecule has 2 aromatic rings. The highest BCUT2D eigenvalue weighted by molar-refractivity contribution is 8.13. The van der Waals surface area contributed by atoms with E-state index in [1.165, 1.54) is 35.0 Å². The minimum Gasteiger partial charge on any atom is -0.312 e. The van der Waals surface area contributed by atoms with Gasteiger partial charge in [-0.25, -0.2) is 17.2 Å². The second-order valence-electron chi connectivity index (χ2n) is 7.30. The van der Waals surface area contributed by atoms with Crippen molar-refractivity contribution in [2.45, 2.75) is 31.7 Å². The smallest absolute Gasteiger partial charge is 0.164 e. The van der Waals surface area contributed by atoms with Gasteiger partial charge in [0.25, 0.3) is 0 Å². The Labute approximate surface area is 167 Å². The first-order valence-electron chi connectivity index (χ1n) is 8.95. The van der Waals surface area contributed by atoms with Crippen molar-refractivity contribution >= 4 is 32.5 Å². The van der Waals surface area contributed by atoms with Gasteiger partial charge in [-0.15, -0.1) is 0 Å². The third-order valence-electron chi connectivity index (χ3n) is 5.22. The van der Waals surface area contributed by atoms with E-state index in [9.17, 15) is 17.2 Å². The zero-order chi connectivity index (χ0) is 20.1. The van der Waals surface area contributed by atoms with E-state index in [1.54, 1.807) is 4.90 Å². The molecule has 2 aliphatic rings. The lowest BCUT2D eigenvalue weighted by Gasteiger charge is -2.26. The fraction of sp³-hybridized carbons (Fsp3) is 0.350. The van der Waals surface area contributed by atoms with Gasteiger partial charge in [-0.2, -0.15) is 0 Å². The summed E-state index contributed by atoms with van der Waals surface area (Å²) in [5.41, 5.74) is 3.68. The Morgan fingerprint density at radius 3 is 2.61 bits per heavy atom. The summed E-state index contributed by atoms with van der Waals surface area (Å²) in [7, 11) is -3.22. The van der Waals surface area contributed by atoms with Crippen molar-refractivity contribution in [2.75, 3.05) is 16.4 Å². The molecule has 2 heterocycles. The van der Waals surface area contributed by atoms with E-state index >= 15 is 0 Å². The molecule has 2 aliphatic heterocycles. The van der Waals surface area contributed by atoms with Crippen LogP contribution >= 0.6 is 11.8 Å². The van der Waals surface area contributed by atoms with Crippen LogP contribution in [-0.4, -0.2) is 37.2 Å². The summed E-state index contributed by atoms with van der Waals surface area (Å²) in [5.74, 6) is -0.872. The zero-order valence-electron chi connectivity index (χ0n) is 15.5. The summed E-state index contributed by atoms with van der Waals surface area (Å²) in [5, 5.41) is 0.577. The molecule has 1 saturated heterocycles. The predicted molar refractivity (Wildman–Crippen MR) is 110 cm³/mol. The average Bonchev–Trinajstić information content (AvgIpc) is 3.08. The van der Waals surface area contributed by atoms with Crippen LogP contribution in [0.4, 0.5) is 14.5 Å². The fourth-order valence-corrected chi connectivity index (χ4v) is 6.54. The quantitative estimate of drug-likeness (QED) is 0.754. The predicted octanol–water partition coefficient (Wildman–Crippen LogP) is 3.86. The van der Waals surface area contributed by atoms with Crippen molar-refractivity contribution in [1.82, 2.24) is 0 Å². The molecule has 4 nitrogen and oxygen atoms in total. The van der Waals surface area contributed by atoms with Gasteiger partial charge in [0.05, 0.1) is 29.3 Å². The van der Waals surface area contributed by atoms with Crippen LogP contribution < -0.4 is 4.90 Å². The Kier molecular flexibility index (Phi) is 4.95. The molecule has 0 spiro atoms. The Morgan fingerprint density at radius 1 is 1.11 bits per heavy atom. The molecule has 0 bridgehead atoms. The monoisotopic (exact) mass is 422 g/mol. The number of thioether (sulfide) groups is 1. The molecule has 4 rings (SSSR count). The van der Waals surface area contributed by atoms with Crippen molar-refractivity contribution in [3.63, 3.8) is 0 Å². The lowest BCUT2D eigenvalue weighted by atomic mass is 10.1. The van der Waals surface area contributed by atoms with E-state index in [2.05, 4.69) is 17.1 Å². The molecule has 0 amide bonds. The number of hydrogen-bond acceptors (Lipinski definition) is 5. The maximum atomic E-state index is 14.5. The van der Waals surface area contributed by atoms with Crippen LogP contribution in [0.2, 0.25) is 0 Å². The number of nitrogens with zero attached hydrogens (tertiary/aromatic N) is 2. The van der Waals surface area contributed by atoms with Crippen LogP contribution in [0.1, 0.15) is 16.7 Å². The normalized spacial score (nSPS) is 23.0. The van der Waals surface area contributed by atoms with Gasteiger partial charge in [-0.05, 0) is 42.7 Å². The number of hydrogen-bond donors (Lipinski definition) is 0. The van der Waals surface area contributed by atoms with E-state index < -0.39 is 33.6 Å². The van der Waals surface area contributed by atoms with E-state index in [-0.39, 0.29) is 17.2 Å². The molecular formula is C20H20F2N2O2S2. The summed E-state index contributed by atoms with van der Waals surface area (Å²) >= 11 is 1.45. The SMILES string of the molecule is Cc1ccc(CSC2=N[C@@H]3CS(=O)(=O)C[C@H]3N2c2ccc(F)cc2F)cc1C. The molecule has 0 saturated carbocycles. The van der Waals surface area contributed by atoms with Crippen LogP contribution in [0, 0.1) is 25.5 Å². The first-order chi connectivity index (χ1) is 13.2. The number of benzene rings is 2. The minimum absolute atomic E-state index is 0.0370. The molecule has 0 N–H and O–H groups in total. The summed E-state index contributed by atoms with van der Waals surface area (Å²) < 4.78 is 52.0. The Balaban J connectivity index is 1.64. The van der Waals surface area contributed by atoms with Crippen LogP contribution in [0.3, 0.4) is 0 Å². The fourth-order valence-electron chi connectivity index (χ4n) is 3.63. The highest BCUT2D eigenvalue weighted by Crippen LogP contribution is 2.37. The number of aryl methyl sites for hydroxylation is 2. The van der Waals surface area contributed by atoms with Crippen molar-refractivity contribution in [1.29, 1.82) is 0 Å². The lowest BCUT2D eigenvalue weighted by Crippen LogP contribution is -2.39. The van der Waals surface area contributed by atoms with E-state index in [1.807, 2.05) is 19.9 Å². The van der Waals surface area contributed by atoms with Gasteiger partial charge in [0.2, 0.25) is 0 Å². The van der Waals surface area contributed by atoms with Gasteiger partial charge < -0.3 is 4.90 Å². The second kappa shape index (κ2) is 7.15. The van der Waals surface area contributed by atoms with Crippen LogP contribution in [0.5, 0.6) is 0 Å². The highest BCUT2D eigenvalue weighted by Gasteiger charge is 2.47. The summed E-state index contributed by atoms with van der Waals surface area (Å²) in [6, 6.07) is 8.68. The number of amidine groups is 1. The van der Waals surface area contributed by atoms with Crippen LogP contribution in [-0.2, 0) is 15.6 Å². The lowest BCUT2D eigenvalue weighted by molar-refractivity contribution is 0.577. The molecular weight excluding hydrogens is 402 g/mol. The molecule has 28 heavy (non-hydrogen) atoms. The van der Waals surface area contributed by atoms with Gasteiger partial charge in [-0.3, -0.25) is 4.99 Å². The molecule has 148 valence electrons. The van der Waals surface area contributed by atoms with Crippen molar-refractivity contribution in [3.05, 3.63) is 64.7 Å². The maximum Gasteiger partial charge on any atom is 0.164 e. The molecule has 2 aromatic carbocycles. The molecule has 0 radical (unpaired) electrons. The van der Waals surface area contributed by atoms with Gasteiger partial charge in [0.1, 0.15) is 11.6 Å². The van der Waals surface area contributed by atoms with Gasteiger partial charge in [0.15, 0.2) is 15.0 Å². The number of rotatable bonds is 3.